The number of methoxy groups -OCH3 is 1. The van der Waals surface area contributed by atoms with Gasteiger partial charge in [0.25, 0.3) is 0 Å². The van der Waals surface area contributed by atoms with E-state index < -0.39 is 5.97 Å². The lowest BCUT2D eigenvalue weighted by Gasteiger charge is -2.07. The third-order valence-electron chi connectivity index (χ3n) is 3.33. The summed E-state index contributed by atoms with van der Waals surface area (Å²) in [4.78, 5) is 11.1. The van der Waals surface area contributed by atoms with Crippen molar-refractivity contribution >= 4 is 5.97 Å². The first-order valence-electron chi connectivity index (χ1n) is 6.72. The summed E-state index contributed by atoms with van der Waals surface area (Å²) in [6.45, 7) is 0. The van der Waals surface area contributed by atoms with Crippen LogP contribution in [0, 0.1) is 0 Å². The number of aromatic carboxylic acids is 1. The quantitative estimate of drug-likeness (QED) is 0.802. The smallest absolute Gasteiger partial charge is 0.335 e. The van der Waals surface area contributed by atoms with Gasteiger partial charge in [-0.1, -0.05) is 24.3 Å². The van der Waals surface area contributed by atoms with Crippen LogP contribution in [0.5, 0.6) is 5.75 Å². The van der Waals surface area contributed by atoms with E-state index in [1.165, 1.54) is 0 Å². The standard InChI is InChI=1S/C17H14N2O3/c1-22-16-8-3-2-7-15(16)19-10-9-14(18-19)12-5-4-6-13(11-12)17(20)21/h2-11H,1H3,(H,20,21). The van der Waals surface area contributed by atoms with E-state index >= 15 is 0 Å². The highest BCUT2D eigenvalue weighted by Crippen LogP contribution is 2.24. The summed E-state index contributed by atoms with van der Waals surface area (Å²) >= 11 is 0. The monoisotopic (exact) mass is 294 g/mol. The minimum Gasteiger partial charge on any atom is -0.494 e. The second-order valence-electron chi connectivity index (χ2n) is 4.70. The molecule has 5 nitrogen and oxygen atoms in total. The second-order valence-corrected chi connectivity index (χ2v) is 4.70. The summed E-state index contributed by atoms with van der Waals surface area (Å²) in [5, 5.41) is 13.6. The number of carboxylic acids is 1. The molecule has 3 rings (SSSR count). The molecule has 0 aliphatic carbocycles. The number of aromatic nitrogens is 2. The fraction of sp³-hybridized carbons (Fsp3) is 0.0588. The highest BCUT2D eigenvalue weighted by molar-refractivity contribution is 5.89. The number of ether oxygens (including phenoxy) is 1. The van der Waals surface area contributed by atoms with Crippen LogP contribution in [-0.4, -0.2) is 28.0 Å². The van der Waals surface area contributed by atoms with E-state index in [1.807, 2.05) is 42.6 Å². The molecular weight excluding hydrogens is 280 g/mol. The van der Waals surface area contributed by atoms with Gasteiger partial charge in [-0.3, -0.25) is 0 Å². The lowest BCUT2D eigenvalue weighted by atomic mass is 10.1. The summed E-state index contributed by atoms with van der Waals surface area (Å²) in [5.74, 6) is -0.234. The number of hydrogen-bond donors (Lipinski definition) is 1. The van der Waals surface area contributed by atoms with Crippen LogP contribution in [0.1, 0.15) is 10.4 Å². The highest BCUT2D eigenvalue weighted by Gasteiger charge is 2.09. The van der Waals surface area contributed by atoms with E-state index in [1.54, 1.807) is 30.0 Å². The van der Waals surface area contributed by atoms with Crippen molar-refractivity contribution in [2.75, 3.05) is 7.11 Å². The molecule has 22 heavy (non-hydrogen) atoms. The number of benzene rings is 2. The van der Waals surface area contributed by atoms with Gasteiger partial charge >= 0.3 is 5.97 Å². The molecule has 3 aromatic rings. The molecule has 0 spiro atoms. The maximum atomic E-state index is 11.1. The molecular formula is C17H14N2O3. The summed E-state index contributed by atoms with van der Waals surface area (Å²) in [5.41, 5.74) is 2.53. The van der Waals surface area contributed by atoms with Gasteiger partial charge in [0.05, 0.1) is 18.4 Å². The van der Waals surface area contributed by atoms with Crippen LogP contribution in [0.4, 0.5) is 0 Å². The van der Waals surface area contributed by atoms with Gasteiger partial charge in [-0.2, -0.15) is 5.10 Å². The number of rotatable bonds is 4. The average Bonchev–Trinajstić information content (AvgIpc) is 3.04. The predicted octanol–water partition coefficient (Wildman–Crippen LogP) is 3.25. The molecule has 1 N–H and O–H groups in total. The Morgan fingerprint density at radius 3 is 2.73 bits per heavy atom. The number of para-hydroxylation sites is 2. The summed E-state index contributed by atoms with van der Waals surface area (Å²) in [6.07, 6.45) is 1.82. The molecule has 0 saturated carbocycles. The molecule has 0 saturated heterocycles. The average molecular weight is 294 g/mol. The lowest BCUT2D eigenvalue weighted by Crippen LogP contribution is -1.99. The zero-order valence-electron chi connectivity index (χ0n) is 11.9. The molecule has 0 fully saturated rings. The van der Waals surface area contributed by atoms with E-state index in [0.717, 1.165) is 17.0 Å². The Kier molecular flexibility index (Phi) is 3.62. The number of carbonyl (C=O) groups is 1. The number of carboxylic acid groups (broad SMARTS) is 1. The molecule has 0 amide bonds. The first kappa shape index (κ1) is 13.9. The Bertz CT molecular complexity index is 824. The van der Waals surface area contributed by atoms with Gasteiger partial charge in [0.15, 0.2) is 0 Å². The second kappa shape index (κ2) is 5.73. The highest BCUT2D eigenvalue weighted by atomic mass is 16.5. The normalized spacial score (nSPS) is 10.4. The van der Waals surface area contributed by atoms with E-state index in [0.29, 0.717) is 5.69 Å². The molecule has 0 aliphatic heterocycles. The molecule has 0 radical (unpaired) electrons. The van der Waals surface area contributed by atoms with Crippen molar-refractivity contribution in [2.45, 2.75) is 0 Å². The summed E-state index contributed by atoms with van der Waals surface area (Å²) < 4.78 is 7.04. The van der Waals surface area contributed by atoms with Crippen LogP contribution < -0.4 is 4.74 Å². The van der Waals surface area contributed by atoms with Crippen LogP contribution in [0.15, 0.2) is 60.8 Å². The van der Waals surface area contributed by atoms with E-state index in [9.17, 15) is 4.79 Å². The fourth-order valence-corrected chi connectivity index (χ4v) is 2.24. The molecule has 2 aromatic carbocycles. The van der Waals surface area contributed by atoms with Gasteiger partial charge in [0.1, 0.15) is 11.4 Å². The van der Waals surface area contributed by atoms with Crippen LogP contribution in [-0.2, 0) is 0 Å². The Morgan fingerprint density at radius 1 is 1.14 bits per heavy atom. The van der Waals surface area contributed by atoms with Gasteiger partial charge in [-0.15, -0.1) is 0 Å². The van der Waals surface area contributed by atoms with E-state index in [-0.39, 0.29) is 5.56 Å². The Labute approximate surface area is 127 Å². The third-order valence-corrected chi connectivity index (χ3v) is 3.33. The van der Waals surface area contributed by atoms with Gasteiger partial charge in [-0.25, -0.2) is 9.48 Å². The Hall–Kier alpha value is -3.08. The first-order chi connectivity index (χ1) is 10.7. The van der Waals surface area contributed by atoms with E-state index in [2.05, 4.69) is 5.10 Å². The van der Waals surface area contributed by atoms with Crippen molar-refractivity contribution < 1.29 is 14.6 Å². The minimum atomic E-state index is -0.953. The van der Waals surface area contributed by atoms with Crippen LogP contribution in [0.25, 0.3) is 16.9 Å². The molecule has 110 valence electrons. The molecule has 0 aliphatic rings. The van der Waals surface area contributed by atoms with Gasteiger partial charge in [0, 0.05) is 11.8 Å². The van der Waals surface area contributed by atoms with Crippen LogP contribution in [0.3, 0.4) is 0 Å². The zero-order valence-corrected chi connectivity index (χ0v) is 11.9. The third kappa shape index (κ3) is 2.56. The Balaban J connectivity index is 2.01. The van der Waals surface area contributed by atoms with Crippen molar-refractivity contribution in [1.82, 2.24) is 9.78 Å². The van der Waals surface area contributed by atoms with Crippen molar-refractivity contribution in [3.05, 3.63) is 66.4 Å². The molecule has 0 unspecified atom stereocenters. The van der Waals surface area contributed by atoms with Crippen molar-refractivity contribution in [2.24, 2.45) is 0 Å². The van der Waals surface area contributed by atoms with E-state index in [4.69, 9.17) is 9.84 Å². The molecule has 1 aromatic heterocycles. The van der Waals surface area contributed by atoms with Crippen LogP contribution >= 0.6 is 0 Å². The van der Waals surface area contributed by atoms with Gasteiger partial charge in [-0.05, 0) is 30.3 Å². The van der Waals surface area contributed by atoms with Crippen molar-refractivity contribution in [1.29, 1.82) is 0 Å². The largest absolute Gasteiger partial charge is 0.494 e. The topological polar surface area (TPSA) is 64.3 Å². The minimum absolute atomic E-state index is 0.240. The molecule has 0 atom stereocenters. The molecule has 0 bridgehead atoms. The maximum Gasteiger partial charge on any atom is 0.335 e. The van der Waals surface area contributed by atoms with Crippen molar-refractivity contribution in [3.8, 4) is 22.7 Å². The zero-order chi connectivity index (χ0) is 15.5. The maximum absolute atomic E-state index is 11.1. The fourth-order valence-electron chi connectivity index (χ4n) is 2.24. The van der Waals surface area contributed by atoms with Gasteiger partial charge in [0.2, 0.25) is 0 Å². The van der Waals surface area contributed by atoms with Crippen molar-refractivity contribution in [3.63, 3.8) is 0 Å². The first-order valence-corrected chi connectivity index (χ1v) is 6.72. The lowest BCUT2D eigenvalue weighted by molar-refractivity contribution is 0.0697. The number of hydrogen-bond acceptors (Lipinski definition) is 3. The summed E-state index contributed by atoms with van der Waals surface area (Å²) in [6, 6.07) is 16.1. The number of nitrogens with zero attached hydrogens (tertiary/aromatic N) is 2. The van der Waals surface area contributed by atoms with Crippen LogP contribution in [0.2, 0.25) is 0 Å². The SMILES string of the molecule is COc1ccccc1-n1ccc(-c2cccc(C(=O)O)c2)n1. The molecule has 5 heteroatoms. The molecule has 1 heterocycles. The Morgan fingerprint density at radius 2 is 1.95 bits per heavy atom. The summed E-state index contributed by atoms with van der Waals surface area (Å²) in [7, 11) is 1.61. The predicted molar refractivity (Wildman–Crippen MR) is 82.5 cm³/mol. The van der Waals surface area contributed by atoms with Gasteiger partial charge < -0.3 is 9.84 Å².